The molecule has 0 aromatic carbocycles. The van der Waals surface area contributed by atoms with Gasteiger partial charge in [-0.3, -0.25) is 5.43 Å². The first-order valence-corrected chi connectivity index (χ1v) is 7.45. The van der Waals surface area contributed by atoms with Crippen molar-refractivity contribution >= 4 is 16.0 Å². The zero-order chi connectivity index (χ0) is 14.7. The largest absolute Gasteiger partial charge is 0.292 e. The van der Waals surface area contributed by atoms with Gasteiger partial charge < -0.3 is 0 Å². The van der Waals surface area contributed by atoms with Crippen LogP contribution in [0.3, 0.4) is 0 Å². The van der Waals surface area contributed by atoms with E-state index in [-0.39, 0.29) is 16.3 Å². The Kier molecular flexibility index (Phi) is 4.83. The van der Waals surface area contributed by atoms with Gasteiger partial charge in [0, 0.05) is 6.54 Å². The van der Waals surface area contributed by atoms with E-state index in [9.17, 15) is 8.42 Å². The number of nitrogens with one attached hydrogen (secondary N) is 2. The lowest BCUT2D eigenvalue weighted by molar-refractivity contribution is 0.252. The topological polar surface area (TPSA) is 110 Å². The molecule has 0 spiro atoms. The summed E-state index contributed by atoms with van der Waals surface area (Å²) in [4.78, 5) is 7.57. The van der Waals surface area contributed by atoms with Crippen LogP contribution in [0.15, 0.2) is 17.3 Å². The molecule has 1 heterocycles. The number of hydrogen-bond donors (Lipinski definition) is 3. The minimum atomic E-state index is -3.60. The van der Waals surface area contributed by atoms with Crippen molar-refractivity contribution in [1.29, 1.82) is 0 Å². The Labute approximate surface area is 114 Å². The van der Waals surface area contributed by atoms with Gasteiger partial charge in [-0.05, 0) is 11.3 Å². The van der Waals surface area contributed by atoms with E-state index in [1.54, 1.807) is 0 Å². The Morgan fingerprint density at radius 1 is 1.32 bits per heavy atom. The molecule has 0 saturated heterocycles. The van der Waals surface area contributed by atoms with Crippen molar-refractivity contribution in [3.63, 3.8) is 0 Å². The van der Waals surface area contributed by atoms with E-state index in [0.29, 0.717) is 12.5 Å². The van der Waals surface area contributed by atoms with Crippen LogP contribution in [-0.4, -0.2) is 24.9 Å². The summed E-state index contributed by atoms with van der Waals surface area (Å²) in [5.41, 5.74) is 2.11. The first-order valence-electron chi connectivity index (χ1n) is 5.97. The standard InChI is InChI=1S/C11H21N5O2S/c1-8(2)11(3,4)7-15-19(17,18)9-5-13-10(16-12)14-6-9/h5-6,8,15H,7,12H2,1-4H3,(H,13,14,16). The Hall–Kier alpha value is -1.25. The van der Waals surface area contributed by atoms with Gasteiger partial charge in [0.15, 0.2) is 0 Å². The highest BCUT2D eigenvalue weighted by Gasteiger charge is 2.25. The van der Waals surface area contributed by atoms with Crippen molar-refractivity contribution < 1.29 is 8.42 Å². The van der Waals surface area contributed by atoms with Crippen molar-refractivity contribution in [3.8, 4) is 0 Å². The molecule has 0 radical (unpaired) electrons. The van der Waals surface area contributed by atoms with E-state index in [2.05, 4.69) is 34.0 Å². The van der Waals surface area contributed by atoms with Crippen LogP contribution in [0, 0.1) is 11.3 Å². The predicted molar refractivity (Wildman–Crippen MR) is 73.6 cm³/mol. The number of aromatic nitrogens is 2. The summed E-state index contributed by atoms with van der Waals surface area (Å²) >= 11 is 0. The van der Waals surface area contributed by atoms with Crippen molar-refractivity contribution in [2.24, 2.45) is 17.2 Å². The van der Waals surface area contributed by atoms with Gasteiger partial charge in [-0.1, -0.05) is 27.7 Å². The van der Waals surface area contributed by atoms with Crippen LogP contribution < -0.4 is 16.0 Å². The molecule has 19 heavy (non-hydrogen) atoms. The van der Waals surface area contributed by atoms with E-state index in [4.69, 9.17) is 5.84 Å². The van der Waals surface area contributed by atoms with Gasteiger partial charge in [0.25, 0.3) is 0 Å². The van der Waals surface area contributed by atoms with Gasteiger partial charge >= 0.3 is 0 Å². The summed E-state index contributed by atoms with van der Waals surface area (Å²) < 4.78 is 26.7. The molecule has 8 heteroatoms. The summed E-state index contributed by atoms with van der Waals surface area (Å²) in [7, 11) is -3.60. The van der Waals surface area contributed by atoms with Crippen LogP contribution in [0.4, 0.5) is 5.95 Å². The maximum Gasteiger partial charge on any atom is 0.243 e. The van der Waals surface area contributed by atoms with Crippen LogP contribution in [0.25, 0.3) is 0 Å². The molecule has 0 saturated carbocycles. The van der Waals surface area contributed by atoms with Crippen molar-refractivity contribution in [3.05, 3.63) is 12.4 Å². The normalized spacial score (nSPS) is 12.7. The van der Waals surface area contributed by atoms with E-state index < -0.39 is 10.0 Å². The van der Waals surface area contributed by atoms with Gasteiger partial charge in [0.2, 0.25) is 16.0 Å². The summed E-state index contributed by atoms with van der Waals surface area (Å²) in [6, 6.07) is 0. The molecule has 0 atom stereocenters. The molecule has 0 amide bonds. The van der Waals surface area contributed by atoms with E-state index >= 15 is 0 Å². The van der Waals surface area contributed by atoms with Crippen LogP contribution in [0.2, 0.25) is 0 Å². The van der Waals surface area contributed by atoms with Crippen LogP contribution in [0.5, 0.6) is 0 Å². The fraction of sp³-hybridized carbons (Fsp3) is 0.636. The first kappa shape index (κ1) is 15.8. The van der Waals surface area contributed by atoms with Crippen LogP contribution in [-0.2, 0) is 10.0 Å². The summed E-state index contributed by atoms with van der Waals surface area (Å²) in [5.74, 6) is 5.64. The van der Waals surface area contributed by atoms with E-state index in [1.807, 2.05) is 13.8 Å². The monoisotopic (exact) mass is 287 g/mol. The van der Waals surface area contributed by atoms with Gasteiger partial charge in [-0.15, -0.1) is 0 Å². The molecule has 0 aliphatic carbocycles. The highest BCUT2D eigenvalue weighted by Crippen LogP contribution is 2.25. The van der Waals surface area contributed by atoms with Gasteiger partial charge in [-0.2, -0.15) is 0 Å². The van der Waals surface area contributed by atoms with Crippen molar-refractivity contribution in [2.45, 2.75) is 32.6 Å². The molecule has 1 rings (SSSR count). The molecule has 7 nitrogen and oxygen atoms in total. The third-order valence-corrected chi connectivity index (χ3v) is 4.70. The van der Waals surface area contributed by atoms with Crippen molar-refractivity contribution in [1.82, 2.24) is 14.7 Å². The highest BCUT2D eigenvalue weighted by molar-refractivity contribution is 7.89. The maximum absolute atomic E-state index is 12.1. The number of hydrogen-bond acceptors (Lipinski definition) is 6. The molecule has 0 aliphatic heterocycles. The number of rotatable bonds is 6. The molecule has 0 aliphatic rings. The molecule has 0 bridgehead atoms. The second kappa shape index (κ2) is 5.81. The zero-order valence-corrected chi connectivity index (χ0v) is 12.5. The Morgan fingerprint density at radius 2 is 1.84 bits per heavy atom. The predicted octanol–water partition coefficient (Wildman–Crippen LogP) is 0.723. The minimum absolute atomic E-state index is 0.0195. The Bertz CT molecular complexity index is 510. The lowest BCUT2D eigenvalue weighted by Crippen LogP contribution is -2.37. The third-order valence-electron chi connectivity index (χ3n) is 3.35. The molecule has 1 aromatic heterocycles. The Morgan fingerprint density at radius 3 is 2.26 bits per heavy atom. The lowest BCUT2D eigenvalue weighted by Gasteiger charge is -2.29. The SMILES string of the molecule is CC(C)C(C)(C)CNS(=O)(=O)c1cnc(NN)nc1. The highest BCUT2D eigenvalue weighted by atomic mass is 32.2. The quantitative estimate of drug-likeness (QED) is 0.525. The Balaban J connectivity index is 2.81. The zero-order valence-electron chi connectivity index (χ0n) is 11.6. The minimum Gasteiger partial charge on any atom is -0.292 e. The summed E-state index contributed by atoms with van der Waals surface area (Å²) in [6.45, 7) is 8.48. The second-order valence-electron chi connectivity index (χ2n) is 5.35. The molecular formula is C11H21N5O2S. The van der Waals surface area contributed by atoms with Gasteiger partial charge in [0.05, 0.1) is 12.4 Å². The van der Waals surface area contributed by atoms with Crippen LogP contribution >= 0.6 is 0 Å². The third kappa shape index (κ3) is 4.12. The molecule has 4 N–H and O–H groups in total. The molecule has 0 unspecified atom stereocenters. The number of anilines is 1. The molecule has 0 fully saturated rings. The number of nitrogens with two attached hydrogens (primary N) is 1. The average Bonchev–Trinajstić information content (AvgIpc) is 2.36. The van der Waals surface area contributed by atoms with Crippen LogP contribution in [0.1, 0.15) is 27.7 Å². The first-order chi connectivity index (χ1) is 8.69. The maximum atomic E-state index is 12.1. The fourth-order valence-corrected chi connectivity index (χ4v) is 2.21. The molecule has 1 aromatic rings. The number of nitrogens with zero attached hydrogens (tertiary/aromatic N) is 2. The number of sulfonamides is 1. The number of hydrazine groups is 1. The molecule has 108 valence electrons. The lowest BCUT2D eigenvalue weighted by atomic mass is 9.81. The number of nitrogen functional groups attached to an aromatic ring is 1. The summed E-state index contributed by atoms with van der Waals surface area (Å²) in [6.07, 6.45) is 2.43. The molecular weight excluding hydrogens is 266 g/mol. The summed E-state index contributed by atoms with van der Waals surface area (Å²) in [5, 5.41) is 0. The van der Waals surface area contributed by atoms with Gasteiger partial charge in [-0.25, -0.2) is 29.0 Å². The fourth-order valence-electron chi connectivity index (χ4n) is 1.10. The smallest absolute Gasteiger partial charge is 0.243 e. The average molecular weight is 287 g/mol. The second-order valence-corrected chi connectivity index (χ2v) is 7.12. The van der Waals surface area contributed by atoms with Crippen molar-refractivity contribution in [2.75, 3.05) is 12.0 Å². The van der Waals surface area contributed by atoms with E-state index in [1.165, 1.54) is 12.4 Å². The van der Waals surface area contributed by atoms with Gasteiger partial charge in [0.1, 0.15) is 4.90 Å². The van der Waals surface area contributed by atoms with E-state index in [0.717, 1.165) is 0 Å².